The Morgan fingerprint density at radius 1 is 0.881 bits per heavy atom. The molecule has 4 aromatic rings. The molecule has 0 unspecified atom stereocenters. The summed E-state index contributed by atoms with van der Waals surface area (Å²) < 4.78 is 47.0. The number of nitrogens with one attached hydrogen (secondary N) is 2. The van der Waals surface area contributed by atoms with Crippen LogP contribution in [-0.4, -0.2) is 43.9 Å². The number of nitrogens with zero attached hydrogens (tertiary/aromatic N) is 2. The summed E-state index contributed by atoms with van der Waals surface area (Å²) in [5.74, 6) is -0.990. The monoisotopic (exact) mass is 652 g/mol. The molecule has 0 aliphatic rings. The Kier molecular flexibility index (Phi) is 10.5. The molecular weight excluding hydrogens is 627 g/mol. The standard InChI is InChI=1S/C30H26BrFN4O5S/c31-24-8-16-28(17-9-24)42(39,40)36(19-23-4-2-1-3-5-23)20-29(37)35-33-18-22-6-14-27(15-7-22)41-21-30(38)34-26-12-10-25(32)11-13-26/h1-18H,19-21H2,(H,34,38)(H,35,37)/b33-18+. The van der Waals surface area contributed by atoms with Crippen LogP contribution in [0.1, 0.15) is 11.1 Å². The van der Waals surface area contributed by atoms with Crippen molar-refractivity contribution in [2.45, 2.75) is 11.4 Å². The van der Waals surface area contributed by atoms with Crippen molar-refractivity contribution in [1.29, 1.82) is 0 Å². The molecule has 0 fully saturated rings. The molecule has 0 heterocycles. The van der Waals surface area contributed by atoms with Gasteiger partial charge in [-0.15, -0.1) is 0 Å². The molecule has 42 heavy (non-hydrogen) atoms. The second-order valence-electron chi connectivity index (χ2n) is 8.92. The van der Waals surface area contributed by atoms with Gasteiger partial charge in [-0.2, -0.15) is 9.41 Å². The van der Waals surface area contributed by atoms with E-state index in [0.29, 0.717) is 17.0 Å². The van der Waals surface area contributed by atoms with E-state index in [9.17, 15) is 22.4 Å². The molecule has 216 valence electrons. The number of carbonyl (C=O) groups is 2. The Bertz CT molecular complexity index is 1630. The van der Waals surface area contributed by atoms with Gasteiger partial charge in [-0.1, -0.05) is 46.3 Å². The number of anilines is 1. The van der Waals surface area contributed by atoms with E-state index in [1.165, 1.54) is 42.6 Å². The summed E-state index contributed by atoms with van der Waals surface area (Å²) in [5.41, 5.74) is 4.18. The number of hydrazone groups is 1. The average Bonchev–Trinajstić information content (AvgIpc) is 2.98. The van der Waals surface area contributed by atoms with Crippen molar-refractivity contribution in [2.75, 3.05) is 18.5 Å². The molecule has 0 aliphatic carbocycles. The Balaban J connectivity index is 1.32. The van der Waals surface area contributed by atoms with Gasteiger partial charge in [-0.3, -0.25) is 9.59 Å². The highest BCUT2D eigenvalue weighted by molar-refractivity contribution is 9.10. The van der Waals surface area contributed by atoms with Crippen LogP contribution in [0.25, 0.3) is 0 Å². The normalized spacial score (nSPS) is 11.4. The van der Waals surface area contributed by atoms with Crippen molar-refractivity contribution in [3.8, 4) is 5.75 Å². The molecule has 0 radical (unpaired) electrons. The van der Waals surface area contributed by atoms with Crippen LogP contribution in [0.4, 0.5) is 10.1 Å². The van der Waals surface area contributed by atoms with Gasteiger partial charge >= 0.3 is 0 Å². The van der Waals surface area contributed by atoms with Crippen molar-refractivity contribution in [1.82, 2.24) is 9.73 Å². The molecule has 0 aromatic heterocycles. The summed E-state index contributed by atoms with van der Waals surface area (Å²) in [6, 6.07) is 27.1. The number of halogens is 2. The second-order valence-corrected chi connectivity index (χ2v) is 11.8. The fourth-order valence-electron chi connectivity index (χ4n) is 3.67. The minimum Gasteiger partial charge on any atom is -0.484 e. The van der Waals surface area contributed by atoms with Gasteiger partial charge in [-0.25, -0.2) is 18.2 Å². The highest BCUT2D eigenvalue weighted by atomic mass is 79.9. The molecule has 9 nitrogen and oxygen atoms in total. The fourth-order valence-corrected chi connectivity index (χ4v) is 5.32. The first-order chi connectivity index (χ1) is 20.2. The quantitative estimate of drug-likeness (QED) is 0.166. The van der Waals surface area contributed by atoms with Crippen molar-refractivity contribution >= 4 is 49.7 Å². The van der Waals surface area contributed by atoms with E-state index in [1.807, 2.05) is 6.07 Å². The number of benzene rings is 4. The van der Waals surface area contributed by atoms with Gasteiger partial charge in [0, 0.05) is 16.7 Å². The Morgan fingerprint density at radius 2 is 1.55 bits per heavy atom. The number of hydrogen-bond acceptors (Lipinski definition) is 6. The van der Waals surface area contributed by atoms with E-state index in [4.69, 9.17) is 4.74 Å². The van der Waals surface area contributed by atoms with Crippen LogP contribution in [0.3, 0.4) is 0 Å². The van der Waals surface area contributed by atoms with E-state index < -0.39 is 34.2 Å². The maximum Gasteiger partial charge on any atom is 0.262 e. The van der Waals surface area contributed by atoms with Gasteiger partial charge in [0.2, 0.25) is 10.0 Å². The van der Waals surface area contributed by atoms with E-state index in [1.54, 1.807) is 60.7 Å². The van der Waals surface area contributed by atoms with Crippen LogP contribution < -0.4 is 15.5 Å². The Morgan fingerprint density at radius 3 is 2.21 bits per heavy atom. The molecule has 4 rings (SSSR count). The summed E-state index contributed by atoms with van der Waals surface area (Å²) >= 11 is 3.30. The van der Waals surface area contributed by atoms with Crippen LogP contribution in [0.15, 0.2) is 118 Å². The largest absolute Gasteiger partial charge is 0.484 e. The molecule has 12 heteroatoms. The minimum atomic E-state index is -3.98. The maximum atomic E-state index is 13.4. The lowest BCUT2D eigenvalue weighted by Gasteiger charge is -2.21. The zero-order valence-electron chi connectivity index (χ0n) is 22.1. The van der Waals surface area contributed by atoms with E-state index >= 15 is 0 Å². The number of sulfonamides is 1. The van der Waals surface area contributed by atoms with Gasteiger partial charge in [0.15, 0.2) is 6.61 Å². The molecule has 0 bridgehead atoms. The molecule has 0 saturated heterocycles. The zero-order chi connectivity index (χ0) is 30.0. The predicted octanol–water partition coefficient (Wildman–Crippen LogP) is 4.95. The van der Waals surface area contributed by atoms with Crippen molar-refractivity contribution < 1.29 is 27.1 Å². The van der Waals surface area contributed by atoms with Gasteiger partial charge in [0.25, 0.3) is 11.8 Å². The van der Waals surface area contributed by atoms with E-state index in [2.05, 4.69) is 31.8 Å². The molecule has 2 N–H and O–H groups in total. The van der Waals surface area contributed by atoms with Crippen LogP contribution in [0.2, 0.25) is 0 Å². The SMILES string of the molecule is O=C(CN(Cc1ccccc1)S(=O)(=O)c1ccc(Br)cc1)N/N=C/c1ccc(OCC(=O)Nc2ccc(F)cc2)cc1. The number of rotatable bonds is 12. The fraction of sp³-hybridized carbons (Fsp3) is 0.100. The van der Waals surface area contributed by atoms with Crippen LogP contribution >= 0.6 is 15.9 Å². The summed E-state index contributed by atoms with van der Waals surface area (Å²) in [5, 5.41) is 6.54. The summed E-state index contributed by atoms with van der Waals surface area (Å²) in [4.78, 5) is 24.8. The van der Waals surface area contributed by atoms with E-state index in [-0.39, 0.29) is 18.0 Å². The summed E-state index contributed by atoms with van der Waals surface area (Å²) in [6.07, 6.45) is 1.40. The summed E-state index contributed by atoms with van der Waals surface area (Å²) in [6.45, 7) is -0.694. The van der Waals surface area contributed by atoms with Gasteiger partial charge in [-0.05, 0) is 83.9 Å². The third-order valence-electron chi connectivity index (χ3n) is 5.75. The molecule has 0 saturated carbocycles. The molecule has 0 atom stereocenters. The van der Waals surface area contributed by atoms with Crippen molar-refractivity contribution in [3.05, 3.63) is 125 Å². The second kappa shape index (κ2) is 14.5. The van der Waals surface area contributed by atoms with Crippen LogP contribution in [0, 0.1) is 5.82 Å². The summed E-state index contributed by atoms with van der Waals surface area (Å²) in [7, 11) is -3.98. The lowest BCUT2D eigenvalue weighted by Crippen LogP contribution is -2.39. The zero-order valence-corrected chi connectivity index (χ0v) is 24.5. The van der Waals surface area contributed by atoms with Crippen molar-refractivity contribution in [3.63, 3.8) is 0 Å². The topological polar surface area (TPSA) is 117 Å². The lowest BCUT2D eigenvalue weighted by atomic mass is 10.2. The third-order valence-corrected chi connectivity index (χ3v) is 8.09. The van der Waals surface area contributed by atoms with Gasteiger partial charge in [0.1, 0.15) is 11.6 Å². The van der Waals surface area contributed by atoms with E-state index in [0.717, 1.165) is 14.3 Å². The first-order valence-corrected chi connectivity index (χ1v) is 14.8. The number of hydrogen-bond donors (Lipinski definition) is 2. The molecule has 2 amide bonds. The Hall–Kier alpha value is -4.39. The number of ether oxygens (including phenoxy) is 1. The lowest BCUT2D eigenvalue weighted by molar-refractivity contribution is -0.121. The minimum absolute atomic E-state index is 0.000242. The highest BCUT2D eigenvalue weighted by Gasteiger charge is 2.27. The van der Waals surface area contributed by atoms with Gasteiger partial charge < -0.3 is 10.1 Å². The van der Waals surface area contributed by atoms with Gasteiger partial charge in [0.05, 0.1) is 17.7 Å². The first kappa shape index (κ1) is 30.6. The molecule has 4 aromatic carbocycles. The molecule has 0 spiro atoms. The maximum absolute atomic E-state index is 13.4. The third kappa shape index (κ3) is 9.06. The van der Waals surface area contributed by atoms with Crippen LogP contribution in [-0.2, 0) is 26.2 Å². The van der Waals surface area contributed by atoms with Crippen LogP contribution in [0.5, 0.6) is 5.75 Å². The predicted molar refractivity (Wildman–Crippen MR) is 161 cm³/mol. The average molecular weight is 654 g/mol. The number of carbonyl (C=O) groups excluding carboxylic acids is 2. The first-order valence-electron chi connectivity index (χ1n) is 12.6. The molecule has 0 aliphatic heterocycles. The Labute approximate surface area is 251 Å². The smallest absolute Gasteiger partial charge is 0.262 e. The van der Waals surface area contributed by atoms with Crippen molar-refractivity contribution in [2.24, 2.45) is 5.10 Å². The molecular formula is C30H26BrFN4O5S. The number of amides is 2. The highest BCUT2D eigenvalue weighted by Crippen LogP contribution is 2.21.